The monoisotopic (exact) mass is 367 g/mol. The Hall–Kier alpha value is -1.03. The summed E-state index contributed by atoms with van der Waals surface area (Å²) >= 11 is 3.53. The molecule has 0 radical (unpaired) electrons. The van der Waals surface area contributed by atoms with Gasteiger partial charge in [-0.2, -0.15) is 0 Å². The summed E-state index contributed by atoms with van der Waals surface area (Å²) < 4.78 is 6.73. The van der Waals surface area contributed by atoms with E-state index in [4.69, 9.17) is 4.74 Å². The van der Waals surface area contributed by atoms with E-state index in [1.807, 2.05) is 6.07 Å². The van der Waals surface area contributed by atoms with Crippen molar-refractivity contribution >= 4 is 21.8 Å². The van der Waals surface area contributed by atoms with Gasteiger partial charge in [0.1, 0.15) is 5.75 Å². The fraction of sp³-hybridized carbons (Fsp3) is 0.611. The largest absolute Gasteiger partial charge is 0.492 e. The second-order valence-corrected chi connectivity index (χ2v) is 6.83. The summed E-state index contributed by atoms with van der Waals surface area (Å²) in [5, 5.41) is 3.14. The number of ether oxygens (including phenoxy) is 1. The Balaban J connectivity index is 1.65. The summed E-state index contributed by atoms with van der Waals surface area (Å²) in [5.74, 6) is 1.01. The van der Waals surface area contributed by atoms with Crippen LogP contribution in [0.25, 0.3) is 0 Å². The van der Waals surface area contributed by atoms with Crippen LogP contribution < -0.4 is 10.1 Å². The van der Waals surface area contributed by atoms with E-state index >= 15 is 0 Å². The zero-order chi connectivity index (χ0) is 15.8. The predicted octanol–water partition coefficient (Wildman–Crippen LogP) is 4.62. The number of rotatable bonds is 7. The van der Waals surface area contributed by atoms with Crippen molar-refractivity contribution in [1.29, 1.82) is 0 Å². The van der Waals surface area contributed by atoms with Gasteiger partial charge in [-0.15, -0.1) is 0 Å². The van der Waals surface area contributed by atoms with Crippen molar-refractivity contribution in [2.75, 3.05) is 6.61 Å². The van der Waals surface area contributed by atoms with Gasteiger partial charge in [0.05, 0.1) is 11.1 Å². The summed E-state index contributed by atoms with van der Waals surface area (Å²) in [6.45, 7) is 2.70. The standard InChI is InChI=1S/C18H26BrNO2/c1-2-14-10-11-17(16(19)13-14)22-12-6-9-18(21)20-15-7-4-3-5-8-15/h10-11,13,15H,2-9,12H2,1H3,(H,20,21). The first kappa shape index (κ1) is 17.3. The molecule has 0 heterocycles. The molecule has 22 heavy (non-hydrogen) atoms. The van der Waals surface area contributed by atoms with E-state index < -0.39 is 0 Å². The number of nitrogens with one attached hydrogen (secondary N) is 1. The maximum absolute atomic E-state index is 11.9. The summed E-state index contributed by atoms with van der Waals surface area (Å²) in [6.07, 6.45) is 8.39. The molecule has 1 aromatic carbocycles. The Kier molecular flexibility index (Phi) is 7.23. The molecule has 0 atom stereocenters. The van der Waals surface area contributed by atoms with Crippen LogP contribution in [0, 0.1) is 0 Å². The molecule has 3 nitrogen and oxygen atoms in total. The molecule has 122 valence electrons. The van der Waals surface area contributed by atoms with E-state index in [1.165, 1.54) is 24.8 Å². The normalized spacial score (nSPS) is 15.5. The molecule has 0 spiro atoms. The van der Waals surface area contributed by atoms with Gasteiger partial charge in [-0.1, -0.05) is 32.3 Å². The topological polar surface area (TPSA) is 38.3 Å². The summed E-state index contributed by atoms with van der Waals surface area (Å²) in [5.41, 5.74) is 1.28. The van der Waals surface area contributed by atoms with Crippen molar-refractivity contribution in [2.24, 2.45) is 0 Å². The SMILES string of the molecule is CCc1ccc(OCCCC(=O)NC2CCCCC2)c(Br)c1. The van der Waals surface area contributed by atoms with Crippen LogP contribution in [-0.4, -0.2) is 18.6 Å². The molecule has 0 saturated heterocycles. The Morgan fingerprint density at radius 2 is 2.09 bits per heavy atom. The van der Waals surface area contributed by atoms with Crippen LogP contribution >= 0.6 is 15.9 Å². The van der Waals surface area contributed by atoms with Gasteiger partial charge in [0, 0.05) is 12.5 Å². The van der Waals surface area contributed by atoms with E-state index in [9.17, 15) is 4.79 Å². The molecule has 1 N–H and O–H groups in total. The fourth-order valence-electron chi connectivity index (χ4n) is 2.84. The molecule has 2 rings (SSSR count). The molecule has 1 aromatic rings. The molecule has 1 aliphatic rings. The van der Waals surface area contributed by atoms with Crippen LogP contribution in [0.1, 0.15) is 57.4 Å². The summed E-state index contributed by atoms with van der Waals surface area (Å²) in [7, 11) is 0. The number of aryl methyl sites for hydroxylation is 1. The first-order valence-corrected chi connectivity index (χ1v) is 9.19. The highest BCUT2D eigenvalue weighted by Gasteiger charge is 2.15. The van der Waals surface area contributed by atoms with E-state index in [-0.39, 0.29) is 5.91 Å². The average Bonchev–Trinajstić information content (AvgIpc) is 2.53. The van der Waals surface area contributed by atoms with Gasteiger partial charge in [-0.3, -0.25) is 4.79 Å². The lowest BCUT2D eigenvalue weighted by Gasteiger charge is -2.22. The van der Waals surface area contributed by atoms with Gasteiger partial charge < -0.3 is 10.1 Å². The van der Waals surface area contributed by atoms with Gasteiger partial charge in [-0.05, 0) is 59.3 Å². The van der Waals surface area contributed by atoms with E-state index in [0.717, 1.165) is 35.9 Å². The third kappa shape index (κ3) is 5.64. The van der Waals surface area contributed by atoms with E-state index in [2.05, 4.69) is 40.3 Å². The Morgan fingerprint density at radius 1 is 1.32 bits per heavy atom. The number of halogens is 1. The molecule has 1 saturated carbocycles. The van der Waals surface area contributed by atoms with Crippen LogP contribution in [0.3, 0.4) is 0 Å². The minimum absolute atomic E-state index is 0.163. The van der Waals surface area contributed by atoms with Crippen molar-refractivity contribution in [3.63, 3.8) is 0 Å². The van der Waals surface area contributed by atoms with Crippen LogP contribution in [0.15, 0.2) is 22.7 Å². The Labute approximate surface area is 141 Å². The van der Waals surface area contributed by atoms with Crippen molar-refractivity contribution in [1.82, 2.24) is 5.32 Å². The van der Waals surface area contributed by atoms with Gasteiger partial charge in [0.15, 0.2) is 0 Å². The molecule has 0 unspecified atom stereocenters. The number of carbonyl (C=O) groups is 1. The van der Waals surface area contributed by atoms with Crippen LogP contribution in [0.4, 0.5) is 0 Å². The maximum atomic E-state index is 11.9. The highest BCUT2D eigenvalue weighted by Crippen LogP contribution is 2.26. The smallest absolute Gasteiger partial charge is 0.220 e. The lowest BCUT2D eigenvalue weighted by Crippen LogP contribution is -2.36. The average molecular weight is 368 g/mol. The zero-order valence-corrected chi connectivity index (χ0v) is 15.0. The molecule has 0 bridgehead atoms. The van der Waals surface area contributed by atoms with Crippen LogP contribution in [-0.2, 0) is 11.2 Å². The van der Waals surface area contributed by atoms with Gasteiger partial charge >= 0.3 is 0 Å². The molecular formula is C18H26BrNO2. The van der Waals surface area contributed by atoms with Crippen LogP contribution in [0.2, 0.25) is 0 Å². The first-order valence-electron chi connectivity index (χ1n) is 8.39. The molecule has 0 aromatic heterocycles. The predicted molar refractivity (Wildman–Crippen MR) is 93.3 cm³/mol. The van der Waals surface area contributed by atoms with Crippen molar-refractivity contribution in [2.45, 2.75) is 64.3 Å². The molecule has 4 heteroatoms. The Morgan fingerprint density at radius 3 is 2.77 bits per heavy atom. The molecular weight excluding hydrogens is 342 g/mol. The second kappa shape index (κ2) is 9.19. The molecule has 1 aliphatic carbocycles. The number of benzene rings is 1. The van der Waals surface area contributed by atoms with Gasteiger partial charge in [-0.25, -0.2) is 0 Å². The highest BCUT2D eigenvalue weighted by molar-refractivity contribution is 9.10. The first-order chi connectivity index (χ1) is 10.7. The zero-order valence-electron chi connectivity index (χ0n) is 13.4. The van der Waals surface area contributed by atoms with Gasteiger partial charge in [0.2, 0.25) is 5.91 Å². The molecule has 1 fully saturated rings. The third-order valence-electron chi connectivity index (χ3n) is 4.18. The van der Waals surface area contributed by atoms with Crippen molar-refractivity contribution in [3.8, 4) is 5.75 Å². The summed E-state index contributed by atoms with van der Waals surface area (Å²) in [4.78, 5) is 11.9. The molecule has 1 amide bonds. The lowest BCUT2D eigenvalue weighted by atomic mass is 9.95. The summed E-state index contributed by atoms with van der Waals surface area (Å²) in [6, 6.07) is 6.56. The number of hydrogen-bond donors (Lipinski definition) is 1. The lowest BCUT2D eigenvalue weighted by molar-refractivity contribution is -0.122. The van der Waals surface area contributed by atoms with Crippen molar-refractivity contribution in [3.05, 3.63) is 28.2 Å². The minimum atomic E-state index is 0.163. The maximum Gasteiger partial charge on any atom is 0.220 e. The highest BCUT2D eigenvalue weighted by atomic mass is 79.9. The van der Waals surface area contributed by atoms with E-state index in [1.54, 1.807) is 0 Å². The number of amides is 1. The third-order valence-corrected chi connectivity index (χ3v) is 4.80. The van der Waals surface area contributed by atoms with Crippen molar-refractivity contribution < 1.29 is 9.53 Å². The second-order valence-electron chi connectivity index (χ2n) is 5.97. The Bertz CT molecular complexity index is 484. The van der Waals surface area contributed by atoms with Gasteiger partial charge in [0.25, 0.3) is 0 Å². The number of carbonyl (C=O) groups excluding carboxylic acids is 1. The molecule has 0 aliphatic heterocycles. The fourth-order valence-corrected chi connectivity index (χ4v) is 3.38. The van der Waals surface area contributed by atoms with Crippen LogP contribution in [0.5, 0.6) is 5.75 Å². The quantitative estimate of drug-likeness (QED) is 0.714. The minimum Gasteiger partial charge on any atom is -0.492 e. The van der Waals surface area contributed by atoms with E-state index in [0.29, 0.717) is 19.1 Å². The number of hydrogen-bond acceptors (Lipinski definition) is 2.